The van der Waals surface area contributed by atoms with Crippen LogP contribution in [0.5, 0.6) is 0 Å². The van der Waals surface area contributed by atoms with Crippen molar-refractivity contribution in [2.24, 2.45) is 5.73 Å². The highest BCUT2D eigenvalue weighted by molar-refractivity contribution is 5.80. The van der Waals surface area contributed by atoms with E-state index in [1.165, 1.54) is 7.11 Å². The number of rotatable bonds is 4. The average molecular weight is 174 g/mol. The fourth-order valence-electron chi connectivity index (χ4n) is 0.566. The smallest absolute Gasteiger partial charge is 0.248 e. The molecule has 0 aliphatic carbocycles. The van der Waals surface area contributed by atoms with E-state index in [0.29, 0.717) is 6.54 Å². The summed E-state index contributed by atoms with van der Waals surface area (Å²) in [4.78, 5) is 11.1. The first-order valence-corrected chi connectivity index (χ1v) is 3.96. The highest BCUT2D eigenvalue weighted by Crippen LogP contribution is 1.94. The molecule has 0 saturated heterocycles. The van der Waals surface area contributed by atoms with E-state index in [9.17, 15) is 4.79 Å². The summed E-state index contributed by atoms with van der Waals surface area (Å²) in [5.74, 6) is -0.129. The summed E-state index contributed by atoms with van der Waals surface area (Å²) in [5, 5.41) is 2.68. The molecule has 0 aliphatic rings. The van der Waals surface area contributed by atoms with Crippen LogP contribution >= 0.6 is 0 Å². The zero-order valence-electron chi connectivity index (χ0n) is 8.18. The molecule has 0 bridgehead atoms. The number of nitrogens with two attached hydrogens (primary N) is 1. The first kappa shape index (κ1) is 11.4. The highest BCUT2D eigenvalue weighted by atomic mass is 16.5. The van der Waals surface area contributed by atoms with Crippen LogP contribution in [0.2, 0.25) is 0 Å². The maximum absolute atomic E-state index is 11.1. The van der Waals surface area contributed by atoms with Gasteiger partial charge in [0.1, 0.15) is 6.10 Å². The Morgan fingerprint density at radius 2 is 2.17 bits per heavy atom. The molecule has 0 rings (SSSR count). The molecule has 0 heterocycles. The molecular weight excluding hydrogens is 156 g/mol. The molecule has 4 heteroatoms. The SMILES string of the molecule is COC(C)C(=O)NCC(C)(C)N. The number of carbonyl (C=O) groups is 1. The monoisotopic (exact) mass is 174 g/mol. The van der Waals surface area contributed by atoms with Crippen molar-refractivity contribution in [1.82, 2.24) is 5.32 Å². The number of amides is 1. The van der Waals surface area contributed by atoms with Gasteiger partial charge in [0.2, 0.25) is 5.91 Å². The fourth-order valence-corrected chi connectivity index (χ4v) is 0.566. The second kappa shape index (κ2) is 4.42. The normalized spacial score (nSPS) is 14.1. The van der Waals surface area contributed by atoms with Gasteiger partial charge >= 0.3 is 0 Å². The van der Waals surface area contributed by atoms with Crippen LogP contribution in [0.3, 0.4) is 0 Å². The van der Waals surface area contributed by atoms with Crippen LogP contribution in [0.4, 0.5) is 0 Å². The molecule has 0 spiro atoms. The second-order valence-corrected chi connectivity index (χ2v) is 3.58. The minimum Gasteiger partial charge on any atom is -0.372 e. The van der Waals surface area contributed by atoms with Gasteiger partial charge in [-0.05, 0) is 20.8 Å². The Hall–Kier alpha value is -0.610. The zero-order chi connectivity index (χ0) is 9.78. The molecule has 4 nitrogen and oxygen atoms in total. The number of ether oxygens (including phenoxy) is 1. The molecule has 1 unspecified atom stereocenters. The predicted octanol–water partition coefficient (Wildman–Crippen LogP) is -0.125. The largest absolute Gasteiger partial charge is 0.372 e. The standard InChI is InChI=1S/C8H18N2O2/c1-6(12-4)7(11)10-5-8(2,3)9/h6H,5,9H2,1-4H3,(H,10,11). The Kier molecular flexibility index (Phi) is 4.20. The van der Waals surface area contributed by atoms with Gasteiger partial charge in [-0.25, -0.2) is 0 Å². The quantitative estimate of drug-likeness (QED) is 0.624. The lowest BCUT2D eigenvalue weighted by Crippen LogP contribution is -2.47. The summed E-state index contributed by atoms with van der Waals surface area (Å²) in [5.41, 5.74) is 5.30. The lowest BCUT2D eigenvalue weighted by molar-refractivity contribution is -0.130. The summed E-state index contributed by atoms with van der Waals surface area (Å²) in [6.45, 7) is 5.86. The number of carbonyl (C=O) groups excluding carboxylic acids is 1. The van der Waals surface area contributed by atoms with Gasteiger partial charge in [-0.15, -0.1) is 0 Å². The van der Waals surface area contributed by atoms with Crippen molar-refractivity contribution in [1.29, 1.82) is 0 Å². The predicted molar refractivity (Wildman–Crippen MR) is 47.7 cm³/mol. The third-order valence-electron chi connectivity index (χ3n) is 1.44. The number of nitrogens with one attached hydrogen (secondary N) is 1. The van der Waals surface area contributed by atoms with Gasteiger partial charge in [-0.1, -0.05) is 0 Å². The fraction of sp³-hybridized carbons (Fsp3) is 0.875. The van der Waals surface area contributed by atoms with Gasteiger partial charge in [0.25, 0.3) is 0 Å². The molecule has 0 aromatic heterocycles. The topological polar surface area (TPSA) is 64.3 Å². The van der Waals surface area contributed by atoms with Crippen molar-refractivity contribution in [2.75, 3.05) is 13.7 Å². The van der Waals surface area contributed by atoms with Gasteiger partial charge in [0, 0.05) is 19.2 Å². The molecule has 0 aliphatic heterocycles. The molecule has 0 fully saturated rings. The summed E-state index contributed by atoms with van der Waals surface area (Å²) < 4.78 is 4.82. The van der Waals surface area contributed by atoms with Crippen molar-refractivity contribution < 1.29 is 9.53 Å². The number of hydrogen-bond acceptors (Lipinski definition) is 3. The van der Waals surface area contributed by atoms with Gasteiger partial charge in [-0.3, -0.25) is 4.79 Å². The molecule has 0 radical (unpaired) electrons. The average Bonchev–Trinajstić information content (AvgIpc) is 1.97. The second-order valence-electron chi connectivity index (χ2n) is 3.58. The van der Waals surface area contributed by atoms with Crippen molar-refractivity contribution in [2.45, 2.75) is 32.4 Å². The molecule has 3 N–H and O–H groups in total. The Labute approximate surface area is 73.5 Å². The van der Waals surface area contributed by atoms with E-state index in [0.717, 1.165) is 0 Å². The molecule has 0 aromatic carbocycles. The first-order valence-electron chi connectivity index (χ1n) is 3.96. The Morgan fingerprint density at radius 1 is 1.67 bits per heavy atom. The minimum atomic E-state index is -0.410. The van der Waals surface area contributed by atoms with Gasteiger partial charge in [0.15, 0.2) is 0 Å². The maximum atomic E-state index is 11.1. The van der Waals surface area contributed by atoms with Crippen molar-refractivity contribution in [3.63, 3.8) is 0 Å². The van der Waals surface area contributed by atoms with Crippen LogP contribution in [0.25, 0.3) is 0 Å². The van der Waals surface area contributed by atoms with Gasteiger partial charge < -0.3 is 15.8 Å². The van der Waals surface area contributed by atoms with E-state index in [2.05, 4.69) is 5.32 Å². The lowest BCUT2D eigenvalue weighted by Gasteiger charge is -2.20. The molecule has 12 heavy (non-hydrogen) atoms. The van der Waals surface area contributed by atoms with Crippen LogP contribution in [0, 0.1) is 0 Å². The van der Waals surface area contributed by atoms with Crippen molar-refractivity contribution in [3.8, 4) is 0 Å². The van der Waals surface area contributed by atoms with Crippen LogP contribution in [0.1, 0.15) is 20.8 Å². The number of methoxy groups -OCH3 is 1. The van der Waals surface area contributed by atoms with Gasteiger partial charge in [-0.2, -0.15) is 0 Å². The Balaban J connectivity index is 3.72. The van der Waals surface area contributed by atoms with E-state index in [-0.39, 0.29) is 11.4 Å². The maximum Gasteiger partial charge on any atom is 0.248 e. The van der Waals surface area contributed by atoms with Crippen LogP contribution in [-0.4, -0.2) is 31.2 Å². The lowest BCUT2D eigenvalue weighted by atomic mass is 10.1. The van der Waals surface area contributed by atoms with E-state index >= 15 is 0 Å². The summed E-state index contributed by atoms with van der Waals surface area (Å²) in [6.07, 6.45) is -0.410. The van der Waals surface area contributed by atoms with E-state index in [4.69, 9.17) is 10.5 Å². The molecule has 1 atom stereocenters. The first-order chi connectivity index (χ1) is 5.37. The van der Waals surface area contributed by atoms with E-state index in [1.54, 1.807) is 6.92 Å². The summed E-state index contributed by atoms with van der Waals surface area (Å²) in [6, 6.07) is 0. The third kappa shape index (κ3) is 5.09. The Bertz CT molecular complexity index is 152. The summed E-state index contributed by atoms with van der Waals surface area (Å²) in [7, 11) is 1.50. The van der Waals surface area contributed by atoms with Crippen LogP contribution < -0.4 is 11.1 Å². The Morgan fingerprint density at radius 3 is 2.50 bits per heavy atom. The third-order valence-corrected chi connectivity index (χ3v) is 1.44. The molecule has 72 valence electrons. The molecule has 0 saturated carbocycles. The van der Waals surface area contributed by atoms with Crippen molar-refractivity contribution >= 4 is 5.91 Å². The highest BCUT2D eigenvalue weighted by Gasteiger charge is 2.15. The zero-order valence-corrected chi connectivity index (χ0v) is 8.18. The van der Waals surface area contributed by atoms with Crippen molar-refractivity contribution in [3.05, 3.63) is 0 Å². The van der Waals surface area contributed by atoms with E-state index in [1.807, 2.05) is 13.8 Å². The minimum absolute atomic E-state index is 0.129. The summed E-state index contributed by atoms with van der Waals surface area (Å²) >= 11 is 0. The van der Waals surface area contributed by atoms with Crippen LogP contribution in [0.15, 0.2) is 0 Å². The van der Waals surface area contributed by atoms with Gasteiger partial charge in [0.05, 0.1) is 0 Å². The van der Waals surface area contributed by atoms with Crippen LogP contribution in [-0.2, 0) is 9.53 Å². The molecular formula is C8H18N2O2. The number of hydrogen-bond donors (Lipinski definition) is 2. The molecule has 0 aromatic rings. The van der Waals surface area contributed by atoms with E-state index < -0.39 is 6.10 Å². The molecule has 1 amide bonds.